The van der Waals surface area contributed by atoms with Crippen LogP contribution in [0.1, 0.15) is 22.5 Å². The second-order valence-corrected chi connectivity index (χ2v) is 7.69. The first-order valence-electron chi connectivity index (χ1n) is 8.74. The number of aromatic nitrogens is 2. The molecule has 0 radical (unpaired) electrons. The molecule has 3 nitrogen and oxygen atoms in total. The zero-order valence-corrected chi connectivity index (χ0v) is 16.1. The van der Waals surface area contributed by atoms with Crippen LogP contribution in [-0.4, -0.2) is 12.0 Å². The van der Waals surface area contributed by atoms with E-state index in [1.807, 2.05) is 24.2 Å². The molecule has 0 saturated carbocycles. The summed E-state index contributed by atoms with van der Waals surface area (Å²) in [4.78, 5) is 7.69. The molecule has 0 bridgehead atoms. The van der Waals surface area contributed by atoms with Gasteiger partial charge in [0.15, 0.2) is 17.9 Å². The van der Waals surface area contributed by atoms with Crippen molar-refractivity contribution < 1.29 is 4.57 Å². The fourth-order valence-electron chi connectivity index (χ4n) is 3.35. The first kappa shape index (κ1) is 16.9. The van der Waals surface area contributed by atoms with Gasteiger partial charge in [-0.05, 0) is 35.9 Å². The van der Waals surface area contributed by atoms with Gasteiger partial charge in [-0.25, -0.2) is 0 Å². The Bertz CT molecular complexity index is 957. The van der Waals surface area contributed by atoms with Crippen LogP contribution in [0.2, 0.25) is 0 Å². The first-order chi connectivity index (χ1) is 12.6. The SMILES string of the molecule is Cc1cc(/C=C2/Sc3ccccc3N2C)cc(C)[n+]1Cc1ccncc1. The van der Waals surface area contributed by atoms with E-state index in [-0.39, 0.29) is 0 Å². The number of anilines is 1. The van der Waals surface area contributed by atoms with Gasteiger partial charge < -0.3 is 4.90 Å². The molecule has 0 N–H and O–H groups in total. The summed E-state index contributed by atoms with van der Waals surface area (Å²) < 4.78 is 2.34. The third-order valence-electron chi connectivity index (χ3n) is 4.75. The second kappa shape index (κ2) is 6.96. The second-order valence-electron chi connectivity index (χ2n) is 6.62. The molecule has 0 spiro atoms. The summed E-state index contributed by atoms with van der Waals surface area (Å²) in [6.07, 6.45) is 5.98. The van der Waals surface area contributed by atoms with Crippen molar-refractivity contribution in [1.82, 2.24) is 4.98 Å². The van der Waals surface area contributed by atoms with Crippen LogP contribution in [0, 0.1) is 13.8 Å². The first-order valence-corrected chi connectivity index (χ1v) is 9.56. The van der Waals surface area contributed by atoms with Gasteiger partial charge in [-0.1, -0.05) is 23.9 Å². The number of benzene rings is 1. The van der Waals surface area contributed by atoms with E-state index in [9.17, 15) is 0 Å². The average Bonchev–Trinajstić information content (AvgIpc) is 2.95. The molecule has 0 fully saturated rings. The summed E-state index contributed by atoms with van der Waals surface area (Å²) >= 11 is 1.83. The summed E-state index contributed by atoms with van der Waals surface area (Å²) in [6.45, 7) is 5.23. The van der Waals surface area contributed by atoms with Gasteiger partial charge in [-0.3, -0.25) is 4.98 Å². The van der Waals surface area contributed by atoms with Crippen molar-refractivity contribution in [3.8, 4) is 0 Å². The van der Waals surface area contributed by atoms with Crippen LogP contribution in [0.15, 0.2) is 70.8 Å². The summed E-state index contributed by atoms with van der Waals surface area (Å²) in [5, 5.41) is 1.26. The van der Waals surface area contributed by atoms with Gasteiger partial charge in [0.2, 0.25) is 0 Å². The topological polar surface area (TPSA) is 20.0 Å². The van der Waals surface area contributed by atoms with Crippen molar-refractivity contribution in [2.45, 2.75) is 25.3 Å². The highest BCUT2D eigenvalue weighted by Crippen LogP contribution is 2.45. The molecule has 1 aliphatic heterocycles. The molecular weight excluding hydrogens is 338 g/mol. The summed E-state index contributed by atoms with van der Waals surface area (Å²) in [5.74, 6) is 0. The van der Waals surface area contributed by atoms with E-state index in [4.69, 9.17) is 0 Å². The lowest BCUT2D eigenvalue weighted by molar-refractivity contribution is -0.700. The molecule has 1 aliphatic rings. The van der Waals surface area contributed by atoms with E-state index in [0.29, 0.717) is 0 Å². The normalized spacial score (nSPS) is 14.7. The Morgan fingerprint density at radius 3 is 2.42 bits per heavy atom. The molecule has 26 heavy (non-hydrogen) atoms. The minimum atomic E-state index is 0.872. The maximum absolute atomic E-state index is 4.10. The van der Waals surface area contributed by atoms with Gasteiger partial charge in [0.25, 0.3) is 0 Å². The van der Waals surface area contributed by atoms with Crippen molar-refractivity contribution in [1.29, 1.82) is 0 Å². The molecule has 2 aromatic heterocycles. The quantitative estimate of drug-likeness (QED) is 0.638. The van der Waals surface area contributed by atoms with Crippen LogP contribution in [0.5, 0.6) is 0 Å². The van der Waals surface area contributed by atoms with Gasteiger partial charge in [0.05, 0.1) is 10.7 Å². The Balaban J connectivity index is 1.63. The lowest BCUT2D eigenvalue weighted by Crippen LogP contribution is -2.40. The van der Waals surface area contributed by atoms with E-state index in [1.165, 1.54) is 38.1 Å². The van der Waals surface area contributed by atoms with E-state index >= 15 is 0 Å². The number of fused-ring (bicyclic) bond motifs is 1. The Kier molecular flexibility index (Phi) is 4.51. The van der Waals surface area contributed by atoms with Crippen molar-refractivity contribution in [2.75, 3.05) is 11.9 Å². The van der Waals surface area contributed by atoms with E-state index < -0.39 is 0 Å². The van der Waals surface area contributed by atoms with E-state index in [1.54, 1.807) is 0 Å². The fraction of sp³-hybridized carbons (Fsp3) is 0.182. The van der Waals surface area contributed by atoms with Crippen LogP contribution in [0.4, 0.5) is 5.69 Å². The number of para-hydroxylation sites is 1. The Labute approximate surface area is 159 Å². The molecule has 3 heterocycles. The van der Waals surface area contributed by atoms with Gasteiger partial charge in [0.1, 0.15) is 0 Å². The molecule has 0 unspecified atom stereocenters. The Morgan fingerprint density at radius 1 is 1.04 bits per heavy atom. The molecule has 0 amide bonds. The lowest BCUT2D eigenvalue weighted by Gasteiger charge is -2.13. The summed E-state index contributed by atoms with van der Waals surface area (Å²) in [7, 11) is 2.14. The monoisotopic (exact) mass is 360 g/mol. The van der Waals surface area contributed by atoms with Crippen molar-refractivity contribution in [3.63, 3.8) is 0 Å². The molecule has 0 saturated heterocycles. The highest BCUT2D eigenvalue weighted by Gasteiger charge is 2.21. The van der Waals surface area contributed by atoms with Crippen LogP contribution in [0.25, 0.3) is 6.08 Å². The van der Waals surface area contributed by atoms with Crippen molar-refractivity contribution >= 4 is 23.5 Å². The number of thioether (sulfide) groups is 1. The van der Waals surface area contributed by atoms with Crippen LogP contribution in [0.3, 0.4) is 0 Å². The highest BCUT2D eigenvalue weighted by molar-refractivity contribution is 8.03. The minimum absolute atomic E-state index is 0.872. The predicted octanol–water partition coefficient (Wildman–Crippen LogP) is 4.57. The lowest BCUT2D eigenvalue weighted by atomic mass is 10.1. The largest absolute Gasteiger partial charge is 0.338 e. The maximum Gasteiger partial charge on any atom is 0.179 e. The molecule has 0 atom stereocenters. The minimum Gasteiger partial charge on any atom is -0.338 e. The standard InChI is InChI=1S/C22H22N3S/c1-16-12-19(13-17(2)25(16)15-18-8-10-23-11-9-18)14-22-24(3)20-6-4-5-7-21(20)26-22/h4-14H,15H2,1-3H3/q+1. The van der Waals surface area contributed by atoms with E-state index in [2.05, 4.69) is 90.0 Å². The van der Waals surface area contributed by atoms with Gasteiger partial charge in [0, 0.05) is 55.9 Å². The predicted molar refractivity (Wildman–Crippen MR) is 108 cm³/mol. The molecule has 130 valence electrons. The number of rotatable bonds is 3. The third kappa shape index (κ3) is 3.25. The third-order valence-corrected chi connectivity index (χ3v) is 5.92. The number of aryl methyl sites for hydroxylation is 2. The van der Waals surface area contributed by atoms with Gasteiger partial charge in [-0.2, -0.15) is 4.57 Å². The molecule has 4 rings (SSSR count). The Morgan fingerprint density at radius 2 is 1.73 bits per heavy atom. The molecular formula is C22H22N3S+. The number of pyridine rings is 2. The molecule has 1 aromatic carbocycles. The van der Waals surface area contributed by atoms with Gasteiger partial charge >= 0.3 is 0 Å². The maximum atomic E-state index is 4.10. The fourth-order valence-corrected chi connectivity index (χ4v) is 4.46. The van der Waals surface area contributed by atoms with Crippen LogP contribution >= 0.6 is 11.8 Å². The zero-order chi connectivity index (χ0) is 18.1. The van der Waals surface area contributed by atoms with Crippen molar-refractivity contribution in [2.24, 2.45) is 0 Å². The summed E-state index contributed by atoms with van der Waals surface area (Å²) in [5.41, 5.74) is 6.31. The van der Waals surface area contributed by atoms with Crippen LogP contribution < -0.4 is 9.47 Å². The van der Waals surface area contributed by atoms with Gasteiger partial charge in [-0.15, -0.1) is 0 Å². The number of hydrogen-bond acceptors (Lipinski definition) is 3. The average molecular weight is 361 g/mol. The van der Waals surface area contributed by atoms with Crippen LogP contribution in [-0.2, 0) is 6.54 Å². The molecule has 3 aromatic rings. The molecule has 4 heteroatoms. The number of nitrogens with zero attached hydrogens (tertiary/aromatic N) is 3. The highest BCUT2D eigenvalue weighted by atomic mass is 32.2. The summed E-state index contributed by atoms with van der Waals surface area (Å²) in [6, 6.07) is 17.2. The van der Waals surface area contributed by atoms with Crippen molar-refractivity contribution in [3.05, 3.63) is 88.5 Å². The molecule has 0 aliphatic carbocycles. The smallest absolute Gasteiger partial charge is 0.179 e. The van der Waals surface area contributed by atoms with E-state index in [0.717, 1.165) is 6.54 Å². The Hall–Kier alpha value is -2.59. The number of hydrogen-bond donors (Lipinski definition) is 0. The zero-order valence-electron chi connectivity index (χ0n) is 15.3.